The minimum Gasteiger partial charge on any atom is -0.394 e. The number of rotatable bonds is 8. The molecule has 0 aliphatic heterocycles. The smallest absolute Gasteiger partial charge is 0.167 e. The minimum atomic E-state index is -1.86. The van der Waals surface area contributed by atoms with Gasteiger partial charge in [0.25, 0.3) is 0 Å². The first kappa shape index (κ1) is 17.5. The molecular formula is C15H20O6. The van der Waals surface area contributed by atoms with Crippen LogP contribution in [-0.4, -0.2) is 62.3 Å². The van der Waals surface area contributed by atoms with E-state index in [1.807, 2.05) is 30.3 Å². The summed E-state index contributed by atoms with van der Waals surface area (Å²) in [5.74, 6) is -0.695. The molecule has 6 nitrogen and oxygen atoms in total. The molecule has 0 saturated heterocycles. The van der Waals surface area contributed by atoms with E-state index in [0.29, 0.717) is 0 Å². The zero-order valence-electron chi connectivity index (χ0n) is 11.4. The maximum absolute atomic E-state index is 11.7. The van der Waals surface area contributed by atoms with Crippen LogP contribution in [0.15, 0.2) is 36.4 Å². The predicted molar refractivity (Wildman–Crippen MR) is 76.2 cm³/mol. The third-order valence-corrected chi connectivity index (χ3v) is 3.01. The van der Waals surface area contributed by atoms with Crippen molar-refractivity contribution in [1.29, 1.82) is 0 Å². The molecule has 1 rings (SSSR count). The molecule has 0 amide bonds. The number of carbonyl (C=O) groups is 1. The molecular weight excluding hydrogens is 276 g/mol. The van der Waals surface area contributed by atoms with E-state index in [2.05, 4.69) is 0 Å². The van der Waals surface area contributed by atoms with E-state index in [1.165, 1.54) is 6.08 Å². The lowest BCUT2D eigenvalue weighted by atomic mass is 9.99. The number of benzene rings is 1. The summed E-state index contributed by atoms with van der Waals surface area (Å²) >= 11 is 0. The van der Waals surface area contributed by atoms with E-state index in [4.69, 9.17) is 10.2 Å². The molecule has 0 unspecified atom stereocenters. The summed E-state index contributed by atoms with van der Waals surface area (Å²) < 4.78 is 0. The second-order valence-corrected chi connectivity index (χ2v) is 4.66. The molecule has 0 fully saturated rings. The van der Waals surface area contributed by atoms with Crippen LogP contribution in [-0.2, 0) is 4.79 Å². The molecule has 0 radical (unpaired) electrons. The Kier molecular flexibility index (Phi) is 7.21. The summed E-state index contributed by atoms with van der Waals surface area (Å²) in [5.41, 5.74) is 0.885. The lowest BCUT2D eigenvalue weighted by Crippen LogP contribution is -2.48. The first-order valence-corrected chi connectivity index (χ1v) is 6.54. The van der Waals surface area contributed by atoms with Gasteiger partial charge in [-0.1, -0.05) is 42.5 Å². The van der Waals surface area contributed by atoms with Crippen molar-refractivity contribution in [2.45, 2.75) is 30.8 Å². The third kappa shape index (κ3) is 5.37. The van der Waals surface area contributed by atoms with Crippen LogP contribution in [0.3, 0.4) is 0 Å². The molecule has 21 heavy (non-hydrogen) atoms. The predicted octanol–water partition coefficient (Wildman–Crippen LogP) is -0.905. The number of Topliss-reactive ketones (excluding diaryl/α,β-unsaturated/α-hetero) is 1. The first-order chi connectivity index (χ1) is 9.97. The fourth-order valence-corrected chi connectivity index (χ4v) is 1.71. The Bertz CT molecular complexity index is 458. The van der Waals surface area contributed by atoms with Gasteiger partial charge in [-0.25, -0.2) is 0 Å². The van der Waals surface area contributed by atoms with Crippen molar-refractivity contribution in [2.24, 2.45) is 0 Å². The van der Waals surface area contributed by atoms with Crippen molar-refractivity contribution >= 4 is 11.9 Å². The Hall–Kier alpha value is -1.57. The normalized spacial score (nSPS) is 17.4. The third-order valence-electron chi connectivity index (χ3n) is 3.01. The first-order valence-electron chi connectivity index (χ1n) is 6.54. The summed E-state index contributed by atoms with van der Waals surface area (Å²) in [7, 11) is 0. The van der Waals surface area contributed by atoms with Gasteiger partial charge in [-0.2, -0.15) is 0 Å². The van der Waals surface area contributed by atoms with Crippen LogP contribution in [0, 0.1) is 0 Å². The Labute approximate surface area is 122 Å². The lowest BCUT2D eigenvalue weighted by molar-refractivity contribution is -0.146. The molecule has 116 valence electrons. The van der Waals surface area contributed by atoms with E-state index in [-0.39, 0.29) is 6.42 Å². The highest BCUT2D eigenvalue weighted by Crippen LogP contribution is 2.09. The number of hydrogen-bond donors (Lipinski definition) is 5. The molecule has 4 atom stereocenters. The molecule has 1 aromatic rings. The molecule has 5 N–H and O–H groups in total. The standard InChI is InChI=1S/C15H20O6/c16-9-12(18)14(20)15(21)13(19)11(17)8-4-7-10-5-2-1-3-6-10/h1-7,12-16,18-21H,8-9H2/t12-,13+,14-,15-/m1/s1. The monoisotopic (exact) mass is 296 g/mol. The average molecular weight is 296 g/mol. The van der Waals surface area contributed by atoms with Crippen LogP contribution in [0.5, 0.6) is 0 Å². The number of aliphatic hydroxyl groups excluding tert-OH is 5. The summed E-state index contributed by atoms with van der Waals surface area (Å²) in [6, 6.07) is 9.22. The summed E-state index contributed by atoms with van der Waals surface area (Å²) in [6.45, 7) is -0.785. The Morgan fingerprint density at radius 2 is 1.67 bits per heavy atom. The fourth-order valence-electron chi connectivity index (χ4n) is 1.71. The number of ketones is 1. The molecule has 0 heterocycles. The maximum Gasteiger partial charge on any atom is 0.167 e. The topological polar surface area (TPSA) is 118 Å². The highest BCUT2D eigenvalue weighted by Gasteiger charge is 2.33. The van der Waals surface area contributed by atoms with Gasteiger partial charge in [-0.3, -0.25) is 4.79 Å². The van der Waals surface area contributed by atoms with Crippen LogP contribution in [0.25, 0.3) is 6.08 Å². The highest BCUT2D eigenvalue weighted by atomic mass is 16.4. The molecule has 0 aliphatic rings. The van der Waals surface area contributed by atoms with Crippen molar-refractivity contribution in [3.63, 3.8) is 0 Å². The summed E-state index contributed by atoms with van der Waals surface area (Å²) in [5, 5.41) is 46.4. The van der Waals surface area contributed by atoms with Gasteiger partial charge in [0.15, 0.2) is 5.78 Å². The number of hydrogen-bond acceptors (Lipinski definition) is 6. The average Bonchev–Trinajstić information content (AvgIpc) is 2.52. The second-order valence-electron chi connectivity index (χ2n) is 4.66. The van der Waals surface area contributed by atoms with Crippen molar-refractivity contribution in [3.05, 3.63) is 42.0 Å². The molecule has 0 aliphatic carbocycles. The SMILES string of the molecule is O=C(CC=Cc1ccccc1)[C@H](O)[C@@H](O)[C@H](O)[C@H](O)CO. The molecule has 6 heteroatoms. The number of carbonyl (C=O) groups excluding carboxylic acids is 1. The number of allylic oxidation sites excluding steroid dienone is 1. The number of aliphatic hydroxyl groups is 5. The van der Waals surface area contributed by atoms with E-state index >= 15 is 0 Å². The van der Waals surface area contributed by atoms with E-state index < -0.39 is 36.8 Å². The lowest BCUT2D eigenvalue weighted by Gasteiger charge is -2.24. The minimum absolute atomic E-state index is 0.130. The molecule has 0 bridgehead atoms. The second kappa shape index (κ2) is 8.66. The Morgan fingerprint density at radius 3 is 2.24 bits per heavy atom. The van der Waals surface area contributed by atoms with Crippen LogP contribution < -0.4 is 0 Å². The Morgan fingerprint density at radius 1 is 1.05 bits per heavy atom. The molecule has 0 spiro atoms. The highest BCUT2D eigenvalue weighted by molar-refractivity contribution is 5.85. The van der Waals surface area contributed by atoms with Crippen LogP contribution >= 0.6 is 0 Å². The van der Waals surface area contributed by atoms with Gasteiger partial charge < -0.3 is 25.5 Å². The van der Waals surface area contributed by atoms with Crippen LogP contribution in [0.2, 0.25) is 0 Å². The van der Waals surface area contributed by atoms with Gasteiger partial charge in [0.05, 0.1) is 6.61 Å². The zero-order valence-corrected chi connectivity index (χ0v) is 11.4. The summed E-state index contributed by atoms with van der Waals surface area (Å²) in [4.78, 5) is 11.7. The van der Waals surface area contributed by atoms with Crippen molar-refractivity contribution in [2.75, 3.05) is 6.61 Å². The van der Waals surface area contributed by atoms with Gasteiger partial charge in [0.2, 0.25) is 0 Å². The van der Waals surface area contributed by atoms with Gasteiger partial charge in [0.1, 0.15) is 24.4 Å². The van der Waals surface area contributed by atoms with Crippen molar-refractivity contribution < 1.29 is 30.3 Å². The van der Waals surface area contributed by atoms with Gasteiger partial charge in [0, 0.05) is 6.42 Å². The maximum atomic E-state index is 11.7. The largest absolute Gasteiger partial charge is 0.394 e. The van der Waals surface area contributed by atoms with E-state index in [9.17, 15) is 20.1 Å². The summed E-state index contributed by atoms with van der Waals surface area (Å²) in [6.07, 6.45) is -4.02. The van der Waals surface area contributed by atoms with E-state index in [1.54, 1.807) is 6.08 Å². The Balaban J connectivity index is 2.53. The van der Waals surface area contributed by atoms with Gasteiger partial charge >= 0.3 is 0 Å². The van der Waals surface area contributed by atoms with Gasteiger partial charge in [-0.15, -0.1) is 0 Å². The van der Waals surface area contributed by atoms with Gasteiger partial charge in [-0.05, 0) is 5.56 Å². The quantitative estimate of drug-likeness (QED) is 0.424. The fraction of sp³-hybridized carbons (Fsp3) is 0.400. The molecule has 0 saturated carbocycles. The van der Waals surface area contributed by atoms with Crippen molar-refractivity contribution in [3.8, 4) is 0 Å². The van der Waals surface area contributed by atoms with Crippen LogP contribution in [0.4, 0.5) is 0 Å². The molecule has 0 aromatic heterocycles. The molecule has 1 aromatic carbocycles. The van der Waals surface area contributed by atoms with Crippen LogP contribution in [0.1, 0.15) is 12.0 Å². The van der Waals surface area contributed by atoms with Crippen molar-refractivity contribution in [1.82, 2.24) is 0 Å². The van der Waals surface area contributed by atoms with E-state index in [0.717, 1.165) is 5.56 Å². The zero-order chi connectivity index (χ0) is 15.8.